The van der Waals surface area contributed by atoms with Gasteiger partial charge >= 0.3 is 0 Å². The van der Waals surface area contributed by atoms with Gasteiger partial charge in [0.1, 0.15) is 10.6 Å². The lowest BCUT2D eigenvalue weighted by molar-refractivity contribution is 0.0940. The first-order valence-corrected chi connectivity index (χ1v) is 10.9. The van der Waals surface area contributed by atoms with Crippen LogP contribution in [0, 0.1) is 5.92 Å². The molecule has 2 aliphatic rings. The molecule has 2 fully saturated rings. The summed E-state index contributed by atoms with van der Waals surface area (Å²) in [6.07, 6.45) is 3.64. The predicted molar refractivity (Wildman–Crippen MR) is 102 cm³/mol. The zero-order valence-electron chi connectivity index (χ0n) is 14.0. The Morgan fingerprint density at radius 2 is 2.12 bits per heavy atom. The van der Waals surface area contributed by atoms with Gasteiger partial charge < -0.3 is 15.6 Å². The molecule has 142 valence electrons. The summed E-state index contributed by atoms with van der Waals surface area (Å²) in [5.74, 6) is 1.81. The van der Waals surface area contributed by atoms with Crippen molar-refractivity contribution in [2.75, 3.05) is 44.2 Å². The smallest absolute Gasteiger partial charge is 0.267 e. The highest BCUT2D eigenvalue weighted by atomic mass is 35.5. The lowest BCUT2D eigenvalue weighted by Gasteiger charge is -2.24. The zero-order chi connectivity index (χ0) is 17.0. The van der Waals surface area contributed by atoms with Crippen molar-refractivity contribution in [1.29, 1.82) is 0 Å². The molecule has 3 N–H and O–H groups in total. The van der Waals surface area contributed by atoms with Gasteiger partial charge in [-0.1, -0.05) is 0 Å². The van der Waals surface area contributed by atoms with Crippen molar-refractivity contribution >= 4 is 40.1 Å². The molecule has 3 rings (SSSR count). The monoisotopic (exact) mass is 408 g/mol. The number of rotatable bonds is 5. The predicted octanol–water partition coefficient (Wildman–Crippen LogP) is 0.903. The first kappa shape index (κ1) is 20.6. The SMILES string of the molecule is Cl.O=C(NCC1CCCNC1)c1cc(S(=O)(=O)N2CCSCC2)c[nH]1. The number of halogens is 1. The van der Waals surface area contributed by atoms with Crippen molar-refractivity contribution in [2.24, 2.45) is 5.92 Å². The van der Waals surface area contributed by atoms with Crippen LogP contribution in [0.15, 0.2) is 17.2 Å². The number of H-pyrrole nitrogens is 1. The standard InChI is InChI=1S/C15H24N4O3S2.ClH/c20-15(18-10-12-2-1-3-16-9-12)14-8-13(11-17-14)24(21,22)19-4-6-23-7-5-19;/h8,11-12,16-17H,1-7,9-10H2,(H,18,20);1H. The number of carbonyl (C=O) groups excluding carboxylic acids is 1. The number of hydrogen-bond donors (Lipinski definition) is 3. The summed E-state index contributed by atoms with van der Waals surface area (Å²) in [6, 6.07) is 1.44. The topological polar surface area (TPSA) is 94.3 Å². The third kappa shape index (κ3) is 5.13. The third-order valence-corrected chi connectivity index (χ3v) is 7.28. The van der Waals surface area contributed by atoms with Gasteiger partial charge in [-0.2, -0.15) is 16.1 Å². The van der Waals surface area contributed by atoms with E-state index in [1.54, 1.807) is 11.8 Å². The molecule has 1 amide bonds. The van der Waals surface area contributed by atoms with Gasteiger partial charge in [-0.25, -0.2) is 8.42 Å². The molecular weight excluding hydrogens is 384 g/mol. The van der Waals surface area contributed by atoms with Crippen LogP contribution in [-0.4, -0.2) is 67.8 Å². The second kappa shape index (κ2) is 9.27. The molecule has 0 saturated carbocycles. The van der Waals surface area contributed by atoms with Gasteiger partial charge in [0.25, 0.3) is 5.91 Å². The molecule has 0 aliphatic carbocycles. The Kier molecular flexibility index (Phi) is 7.63. The lowest BCUT2D eigenvalue weighted by Crippen LogP contribution is -2.38. The van der Waals surface area contributed by atoms with Crippen LogP contribution in [0.5, 0.6) is 0 Å². The second-order valence-electron chi connectivity index (χ2n) is 6.19. The molecule has 10 heteroatoms. The van der Waals surface area contributed by atoms with E-state index in [1.165, 1.54) is 16.6 Å². The average Bonchev–Trinajstić information content (AvgIpc) is 3.12. The van der Waals surface area contributed by atoms with Gasteiger partial charge in [0.05, 0.1) is 0 Å². The number of sulfonamides is 1. The van der Waals surface area contributed by atoms with Crippen molar-refractivity contribution in [3.8, 4) is 0 Å². The van der Waals surface area contributed by atoms with Gasteiger partial charge in [0.15, 0.2) is 0 Å². The number of thioether (sulfide) groups is 1. The van der Waals surface area contributed by atoms with Gasteiger partial charge in [-0.05, 0) is 37.9 Å². The molecule has 2 aliphatic heterocycles. The molecule has 0 spiro atoms. The van der Waals surface area contributed by atoms with Crippen LogP contribution in [0.1, 0.15) is 23.3 Å². The number of aromatic amines is 1. The molecule has 1 atom stereocenters. The fourth-order valence-corrected chi connectivity index (χ4v) is 5.59. The Labute approximate surface area is 159 Å². The second-order valence-corrected chi connectivity index (χ2v) is 9.35. The van der Waals surface area contributed by atoms with E-state index in [0.717, 1.165) is 37.4 Å². The summed E-state index contributed by atoms with van der Waals surface area (Å²) >= 11 is 1.76. The van der Waals surface area contributed by atoms with Crippen LogP contribution in [0.2, 0.25) is 0 Å². The van der Waals surface area contributed by atoms with Crippen molar-refractivity contribution in [3.63, 3.8) is 0 Å². The Bertz CT molecular complexity index is 668. The molecule has 25 heavy (non-hydrogen) atoms. The van der Waals surface area contributed by atoms with E-state index in [2.05, 4.69) is 15.6 Å². The van der Waals surface area contributed by atoms with Crippen molar-refractivity contribution in [1.82, 2.24) is 19.9 Å². The molecule has 3 heterocycles. The molecule has 7 nitrogen and oxygen atoms in total. The molecular formula is C15H25ClN4O3S2. The van der Waals surface area contributed by atoms with E-state index in [9.17, 15) is 13.2 Å². The third-order valence-electron chi connectivity index (χ3n) is 4.46. The average molecular weight is 409 g/mol. The van der Waals surface area contributed by atoms with E-state index < -0.39 is 10.0 Å². The maximum atomic E-state index is 12.6. The summed E-state index contributed by atoms with van der Waals surface area (Å²) in [4.78, 5) is 15.2. The fraction of sp³-hybridized carbons (Fsp3) is 0.667. The van der Waals surface area contributed by atoms with Crippen LogP contribution in [-0.2, 0) is 10.0 Å². The molecule has 1 aromatic heterocycles. The number of aromatic nitrogens is 1. The van der Waals surface area contributed by atoms with E-state index in [1.807, 2.05) is 0 Å². The van der Waals surface area contributed by atoms with Crippen LogP contribution in [0.25, 0.3) is 0 Å². The maximum Gasteiger partial charge on any atom is 0.267 e. The van der Waals surface area contributed by atoms with E-state index in [4.69, 9.17) is 0 Å². The van der Waals surface area contributed by atoms with Crippen molar-refractivity contribution in [2.45, 2.75) is 17.7 Å². The van der Waals surface area contributed by atoms with E-state index in [0.29, 0.717) is 31.2 Å². The quantitative estimate of drug-likeness (QED) is 0.673. The number of carbonyl (C=O) groups is 1. The molecule has 0 aromatic carbocycles. The summed E-state index contributed by atoms with van der Waals surface area (Å²) in [7, 11) is -3.51. The van der Waals surface area contributed by atoms with E-state index >= 15 is 0 Å². The Balaban J connectivity index is 0.00000225. The summed E-state index contributed by atoms with van der Waals surface area (Å²) < 4.78 is 26.7. The van der Waals surface area contributed by atoms with Crippen molar-refractivity contribution < 1.29 is 13.2 Å². The summed E-state index contributed by atoms with van der Waals surface area (Å²) in [6.45, 7) is 3.61. The van der Waals surface area contributed by atoms with E-state index in [-0.39, 0.29) is 23.2 Å². The minimum Gasteiger partial charge on any atom is -0.356 e. The number of nitrogens with zero attached hydrogens (tertiary/aromatic N) is 1. The fourth-order valence-electron chi connectivity index (χ4n) is 3.02. The van der Waals surface area contributed by atoms with Crippen LogP contribution >= 0.6 is 24.2 Å². The number of nitrogens with one attached hydrogen (secondary N) is 3. The number of piperidine rings is 1. The largest absolute Gasteiger partial charge is 0.356 e. The Hall–Kier alpha value is -0.740. The van der Waals surface area contributed by atoms with Gasteiger partial charge in [0.2, 0.25) is 10.0 Å². The highest BCUT2D eigenvalue weighted by Crippen LogP contribution is 2.20. The van der Waals surface area contributed by atoms with Gasteiger partial charge in [-0.15, -0.1) is 12.4 Å². The highest BCUT2D eigenvalue weighted by Gasteiger charge is 2.27. The number of hydrogen-bond acceptors (Lipinski definition) is 5. The van der Waals surface area contributed by atoms with Crippen molar-refractivity contribution in [3.05, 3.63) is 18.0 Å². The Morgan fingerprint density at radius 1 is 1.36 bits per heavy atom. The summed E-state index contributed by atoms with van der Waals surface area (Å²) in [5.41, 5.74) is 0.295. The minimum absolute atomic E-state index is 0. The molecule has 0 radical (unpaired) electrons. The van der Waals surface area contributed by atoms with Gasteiger partial charge in [-0.3, -0.25) is 4.79 Å². The molecule has 1 aromatic rings. The molecule has 1 unspecified atom stereocenters. The minimum atomic E-state index is -3.51. The van der Waals surface area contributed by atoms with Crippen LogP contribution in [0.4, 0.5) is 0 Å². The summed E-state index contributed by atoms with van der Waals surface area (Å²) in [5, 5.41) is 6.20. The normalized spacial score (nSPS) is 22.2. The molecule has 2 saturated heterocycles. The zero-order valence-corrected chi connectivity index (χ0v) is 16.4. The Morgan fingerprint density at radius 3 is 2.80 bits per heavy atom. The lowest BCUT2D eigenvalue weighted by atomic mass is 10.00. The first-order chi connectivity index (χ1) is 11.6. The number of amides is 1. The van der Waals surface area contributed by atoms with Gasteiger partial charge in [0, 0.05) is 37.3 Å². The van der Waals surface area contributed by atoms with Crippen LogP contribution in [0.3, 0.4) is 0 Å². The highest BCUT2D eigenvalue weighted by molar-refractivity contribution is 7.99. The van der Waals surface area contributed by atoms with Crippen LogP contribution < -0.4 is 10.6 Å². The first-order valence-electron chi connectivity index (χ1n) is 8.32. The molecule has 0 bridgehead atoms. The maximum absolute atomic E-state index is 12.6.